The van der Waals surface area contributed by atoms with Crippen molar-refractivity contribution in [3.63, 3.8) is 0 Å². The fraction of sp³-hybridized carbons (Fsp3) is 0.348. The molecule has 160 valence electrons. The van der Waals surface area contributed by atoms with E-state index >= 15 is 0 Å². The third-order valence-electron chi connectivity index (χ3n) is 6.05. The molecular formula is C23H24N4O3S. The molecule has 2 bridgehead atoms. The maximum atomic E-state index is 13.7. The molecule has 0 aliphatic carbocycles. The van der Waals surface area contributed by atoms with Gasteiger partial charge in [0.05, 0.1) is 28.8 Å². The number of piperidine rings is 1. The molecule has 3 atom stereocenters. The number of nitriles is 1. The third-order valence-corrected chi connectivity index (χ3v) is 7.98. The van der Waals surface area contributed by atoms with Crippen LogP contribution in [-0.4, -0.2) is 47.1 Å². The van der Waals surface area contributed by atoms with Crippen LogP contribution in [0.1, 0.15) is 30.5 Å². The molecule has 2 saturated heterocycles. The molecule has 0 radical (unpaired) electrons. The van der Waals surface area contributed by atoms with Crippen LogP contribution in [0.4, 0.5) is 0 Å². The van der Waals surface area contributed by atoms with Crippen molar-refractivity contribution in [3.8, 4) is 6.07 Å². The van der Waals surface area contributed by atoms with Gasteiger partial charge in [0, 0.05) is 24.7 Å². The van der Waals surface area contributed by atoms with Gasteiger partial charge in [0.1, 0.15) is 6.04 Å². The quantitative estimate of drug-likeness (QED) is 0.672. The van der Waals surface area contributed by atoms with Crippen molar-refractivity contribution in [2.45, 2.75) is 42.8 Å². The Morgan fingerprint density at radius 3 is 2.77 bits per heavy atom. The molecule has 3 heterocycles. The number of pyridine rings is 1. The summed E-state index contributed by atoms with van der Waals surface area (Å²) in [5.74, 6) is -0.411. The van der Waals surface area contributed by atoms with Crippen LogP contribution in [0.25, 0.3) is 0 Å². The molecule has 3 unspecified atom stereocenters. The highest BCUT2D eigenvalue weighted by Crippen LogP contribution is 2.37. The van der Waals surface area contributed by atoms with Gasteiger partial charge in [-0.05, 0) is 49.6 Å². The first-order valence-electron chi connectivity index (χ1n) is 10.3. The number of aromatic nitrogens is 1. The summed E-state index contributed by atoms with van der Waals surface area (Å²) in [4.78, 5) is 19.6. The number of hydrogen-bond donors (Lipinski definition) is 0. The van der Waals surface area contributed by atoms with E-state index in [-0.39, 0.29) is 28.3 Å². The maximum Gasteiger partial charge on any atom is 0.244 e. The number of rotatable bonds is 5. The molecular weight excluding hydrogens is 412 g/mol. The van der Waals surface area contributed by atoms with Gasteiger partial charge in [-0.25, -0.2) is 8.42 Å². The minimum absolute atomic E-state index is 0.0391. The van der Waals surface area contributed by atoms with E-state index in [1.165, 1.54) is 16.4 Å². The number of hydrogen-bond acceptors (Lipinski definition) is 5. The summed E-state index contributed by atoms with van der Waals surface area (Å²) in [5.41, 5.74) is 1.02. The molecule has 4 rings (SSSR count). The van der Waals surface area contributed by atoms with Gasteiger partial charge in [-0.1, -0.05) is 18.2 Å². The molecule has 0 spiro atoms. The first kappa shape index (κ1) is 21.2. The normalized spacial score (nSPS) is 24.3. The van der Waals surface area contributed by atoms with Crippen LogP contribution in [0.15, 0.2) is 66.2 Å². The molecule has 2 aliphatic heterocycles. The molecule has 8 heteroatoms. The lowest BCUT2D eigenvalue weighted by Gasteiger charge is -2.40. The number of nitrogens with zero attached hydrogens (tertiary/aromatic N) is 4. The van der Waals surface area contributed by atoms with E-state index in [2.05, 4.69) is 11.6 Å². The Labute approximate surface area is 182 Å². The van der Waals surface area contributed by atoms with Crippen molar-refractivity contribution in [2.75, 3.05) is 6.54 Å². The highest BCUT2D eigenvalue weighted by Gasteiger charge is 2.49. The van der Waals surface area contributed by atoms with E-state index in [1.54, 1.807) is 29.3 Å². The molecule has 2 aromatic rings. The summed E-state index contributed by atoms with van der Waals surface area (Å²) in [5, 5.41) is 9.20. The first-order valence-corrected chi connectivity index (χ1v) is 11.7. The lowest BCUT2D eigenvalue weighted by molar-refractivity contribution is -0.135. The zero-order valence-corrected chi connectivity index (χ0v) is 17.9. The summed E-state index contributed by atoms with van der Waals surface area (Å²) >= 11 is 0. The van der Waals surface area contributed by atoms with Gasteiger partial charge in [-0.15, -0.1) is 6.58 Å². The highest BCUT2D eigenvalue weighted by atomic mass is 32.2. The Morgan fingerprint density at radius 1 is 1.23 bits per heavy atom. The summed E-state index contributed by atoms with van der Waals surface area (Å²) in [6.07, 6.45) is 5.34. The first-order chi connectivity index (χ1) is 15.0. The van der Waals surface area contributed by atoms with E-state index in [4.69, 9.17) is 0 Å². The number of fused-ring (bicyclic) bond motifs is 2. The molecule has 2 aliphatic rings. The van der Waals surface area contributed by atoms with Gasteiger partial charge in [-0.2, -0.15) is 9.57 Å². The van der Waals surface area contributed by atoms with E-state index < -0.39 is 16.1 Å². The number of benzene rings is 1. The third kappa shape index (κ3) is 3.99. The number of carbonyl (C=O) groups excluding carboxylic acids is 1. The van der Waals surface area contributed by atoms with Crippen molar-refractivity contribution in [1.29, 1.82) is 5.26 Å². The van der Waals surface area contributed by atoms with Crippen molar-refractivity contribution in [3.05, 3.63) is 72.6 Å². The van der Waals surface area contributed by atoms with E-state index in [1.807, 2.05) is 24.3 Å². The number of carbonyl (C=O) groups is 1. The monoisotopic (exact) mass is 436 g/mol. The Morgan fingerprint density at radius 2 is 2.06 bits per heavy atom. The topological polar surface area (TPSA) is 94.4 Å². The Bertz CT molecular complexity index is 1130. The minimum Gasteiger partial charge on any atom is -0.335 e. The largest absolute Gasteiger partial charge is 0.335 e. The second-order valence-electron chi connectivity index (χ2n) is 7.93. The van der Waals surface area contributed by atoms with Gasteiger partial charge in [0.2, 0.25) is 15.9 Å². The van der Waals surface area contributed by atoms with Gasteiger partial charge >= 0.3 is 0 Å². The van der Waals surface area contributed by atoms with Gasteiger partial charge in [-0.3, -0.25) is 9.78 Å². The fourth-order valence-corrected chi connectivity index (χ4v) is 6.49. The lowest BCUT2D eigenvalue weighted by Crippen LogP contribution is -2.54. The Hall–Kier alpha value is -3.02. The summed E-state index contributed by atoms with van der Waals surface area (Å²) < 4.78 is 28.8. The summed E-state index contributed by atoms with van der Waals surface area (Å²) in [7, 11) is -3.98. The van der Waals surface area contributed by atoms with Crippen LogP contribution < -0.4 is 0 Å². The fourth-order valence-electron chi connectivity index (χ4n) is 4.57. The molecule has 1 aromatic heterocycles. The van der Waals surface area contributed by atoms with E-state index in [0.29, 0.717) is 25.9 Å². The molecule has 0 saturated carbocycles. The van der Waals surface area contributed by atoms with Crippen LogP contribution in [0.2, 0.25) is 0 Å². The summed E-state index contributed by atoms with van der Waals surface area (Å²) in [6, 6.07) is 12.4. The molecule has 0 N–H and O–H groups in total. The smallest absolute Gasteiger partial charge is 0.244 e. The van der Waals surface area contributed by atoms with Crippen LogP contribution >= 0.6 is 0 Å². The van der Waals surface area contributed by atoms with Crippen molar-refractivity contribution in [2.24, 2.45) is 5.92 Å². The Balaban J connectivity index is 1.75. The molecule has 1 amide bonds. The van der Waals surface area contributed by atoms with Crippen molar-refractivity contribution >= 4 is 15.9 Å². The molecule has 31 heavy (non-hydrogen) atoms. The van der Waals surface area contributed by atoms with Crippen LogP contribution in [0, 0.1) is 17.2 Å². The highest BCUT2D eigenvalue weighted by molar-refractivity contribution is 7.89. The molecule has 2 fully saturated rings. The predicted molar refractivity (Wildman–Crippen MR) is 115 cm³/mol. The standard InChI is InChI=1S/C23H24N4O3S/c1-2-18-15-26(16-19-8-3-4-12-25-19)23(28)22-11-6-10-21(18)27(22)31(29,30)20-9-5-7-17(13-20)14-24/h2-5,7-9,12-13,18,21-22H,1,6,10-11,15-16H2. The van der Waals surface area contributed by atoms with E-state index in [9.17, 15) is 18.5 Å². The van der Waals surface area contributed by atoms with Gasteiger partial charge in [0.25, 0.3) is 0 Å². The van der Waals surface area contributed by atoms with Gasteiger partial charge in [0.15, 0.2) is 0 Å². The summed E-state index contributed by atoms with van der Waals surface area (Å²) in [6.45, 7) is 4.66. The maximum absolute atomic E-state index is 13.7. The van der Waals surface area contributed by atoms with Crippen LogP contribution in [-0.2, 0) is 21.4 Å². The van der Waals surface area contributed by atoms with Crippen LogP contribution in [0.5, 0.6) is 0 Å². The SMILES string of the molecule is C=CC1CN(Cc2ccccn2)C(=O)C2CCCC1N2S(=O)(=O)c1cccc(C#N)c1. The minimum atomic E-state index is -3.98. The van der Waals surface area contributed by atoms with Crippen molar-refractivity contribution < 1.29 is 13.2 Å². The Kier molecular flexibility index (Phi) is 5.90. The van der Waals surface area contributed by atoms with E-state index in [0.717, 1.165) is 12.1 Å². The van der Waals surface area contributed by atoms with Crippen molar-refractivity contribution in [1.82, 2.24) is 14.2 Å². The zero-order valence-electron chi connectivity index (χ0n) is 17.1. The second kappa shape index (κ2) is 8.61. The predicted octanol–water partition coefficient (Wildman–Crippen LogP) is 2.71. The number of amides is 1. The zero-order chi connectivity index (χ0) is 22.0. The number of sulfonamides is 1. The second-order valence-corrected chi connectivity index (χ2v) is 9.77. The lowest BCUT2D eigenvalue weighted by atomic mass is 9.90. The molecule has 7 nitrogen and oxygen atoms in total. The van der Waals surface area contributed by atoms with Gasteiger partial charge < -0.3 is 4.90 Å². The van der Waals surface area contributed by atoms with Crippen LogP contribution in [0.3, 0.4) is 0 Å². The molecule has 1 aromatic carbocycles. The average Bonchev–Trinajstić information content (AvgIpc) is 2.87. The average molecular weight is 437 g/mol.